The Bertz CT molecular complexity index is 614. The van der Waals surface area contributed by atoms with E-state index in [1.807, 2.05) is 0 Å². The zero-order valence-electron chi connectivity index (χ0n) is 12.0. The van der Waals surface area contributed by atoms with Crippen LogP contribution >= 0.6 is 23.2 Å². The number of hydrogen-bond acceptors (Lipinski definition) is 3. The molecule has 1 aromatic rings. The largest absolute Gasteiger partial charge is 0.396 e. The Kier molecular flexibility index (Phi) is 5.41. The zero-order chi connectivity index (χ0) is 15.6. The molecule has 0 atom stereocenters. The summed E-state index contributed by atoms with van der Waals surface area (Å²) in [7, 11) is -2.06. The van der Waals surface area contributed by atoms with Crippen molar-refractivity contribution in [2.45, 2.75) is 37.0 Å². The van der Waals surface area contributed by atoms with E-state index < -0.39 is 10.0 Å². The lowest BCUT2D eigenvalue weighted by Gasteiger charge is -2.27. The summed E-state index contributed by atoms with van der Waals surface area (Å²) in [6.07, 6.45) is 5.75. The predicted molar refractivity (Wildman–Crippen MR) is 87.3 cm³/mol. The van der Waals surface area contributed by atoms with Gasteiger partial charge in [-0.25, -0.2) is 12.7 Å². The second-order valence-corrected chi connectivity index (χ2v) is 8.36. The molecule has 1 aliphatic rings. The molecule has 0 bridgehead atoms. The monoisotopic (exact) mass is 350 g/mol. The standard InChI is InChI=1S/C14H20Cl2N2O2S/c1-18(9-10-5-3-2-4-6-10)21(19,20)12-8-7-11(15)14(17)13(12)16/h7-8,10H,2-6,9,17H2,1H3. The van der Waals surface area contributed by atoms with E-state index in [1.165, 1.54) is 35.7 Å². The summed E-state index contributed by atoms with van der Waals surface area (Å²) in [6, 6.07) is 2.87. The van der Waals surface area contributed by atoms with Crippen molar-refractivity contribution in [2.75, 3.05) is 19.3 Å². The second kappa shape index (κ2) is 6.73. The lowest BCUT2D eigenvalue weighted by molar-refractivity contribution is 0.300. The van der Waals surface area contributed by atoms with Crippen molar-refractivity contribution >= 4 is 38.9 Å². The molecule has 1 fully saturated rings. The number of sulfonamides is 1. The van der Waals surface area contributed by atoms with Crippen molar-refractivity contribution in [1.82, 2.24) is 4.31 Å². The third-order valence-corrected chi connectivity index (χ3v) is 6.73. The van der Waals surface area contributed by atoms with E-state index in [1.54, 1.807) is 7.05 Å². The third-order valence-electron chi connectivity index (χ3n) is 4.02. The van der Waals surface area contributed by atoms with Crippen molar-refractivity contribution in [3.8, 4) is 0 Å². The summed E-state index contributed by atoms with van der Waals surface area (Å²) >= 11 is 11.9. The van der Waals surface area contributed by atoms with Gasteiger partial charge in [0.25, 0.3) is 0 Å². The van der Waals surface area contributed by atoms with E-state index in [9.17, 15) is 8.42 Å². The lowest BCUT2D eigenvalue weighted by Crippen LogP contribution is -2.33. The van der Waals surface area contributed by atoms with Gasteiger partial charge in [0.1, 0.15) is 4.90 Å². The van der Waals surface area contributed by atoms with Crippen LogP contribution in [0.25, 0.3) is 0 Å². The number of nitrogens with zero attached hydrogens (tertiary/aromatic N) is 1. The minimum absolute atomic E-state index is 0.00186. The molecule has 1 aromatic carbocycles. The van der Waals surface area contributed by atoms with Gasteiger partial charge in [-0.1, -0.05) is 42.5 Å². The van der Waals surface area contributed by atoms with Crippen molar-refractivity contribution in [3.05, 3.63) is 22.2 Å². The van der Waals surface area contributed by atoms with Gasteiger partial charge in [0.2, 0.25) is 10.0 Å². The van der Waals surface area contributed by atoms with Gasteiger partial charge in [-0.05, 0) is 30.9 Å². The van der Waals surface area contributed by atoms with Crippen molar-refractivity contribution in [3.63, 3.8) is 0 Å². The molecule has 7 heteroatoms. The summed E-state index contributed by atoms with van der Waals surface area (Å²) < 4.78 is 26.6. The van der Waals surface area contributed by atoms with Crippen LogP contribution in [-0.2, 0) is 10.0 Å². The van der Waals surface area contributed by atoms with Crippen LogP contribution < -0.4 is 5.73 Å². The Balaban J connectivity index is 2.22. The quantitative estimate of drug-likeness (QED) is 0.840. The molecule has 0 heterocycles. The van der Waals surface area contributed by atoms with E-state index >= 15 is 0 Å². The minimum atomic E-state index is -3.65. The number of nitrogens with two attached hydrogens (primary N) is 1. The minimum Gasteiger partial charge on any atom is -0.396 e. The van der Waals surface area contributed by atoms with Gasteiger partial charge in [-0.3, -0.25) is 0 Å². The maximum atomic E-state index is 12.6. The van der Waals surface area contributed by atoms with Gasteiger partial charge < -0.3 is 5.73 Å². The maximum Gasteiger partial charge on any atom is 0.244 e. The molecular weight excluding hydrogens is 331 g/mol. The number of hydrogen-bond donors (Lipinski definition) is 1. The zero-order valence-corrected chi connectivity index (χ0v) is 14.3. The highest BCUT2D eigenvalue weighted by Gasteiger charge is 2.27. The molecule has 0 unspecified atom stereocenters. The molecule has 2 N–H and O–H groups in total. The molecule has 0 radical (unpaired) electrons. The van der Waals surface area contributed by atoms with E-state index in [2.05, 4.69) is 0 Å². The van der Waals surface area contributed by atoms with Crippen LogP contribution in [0.4, 0.5) is 5.69 Å². The van der Waals surface area contributed by atoms with Crippen molar-refractivity contribution < 1.29 is 8.42 Å². The van der Waals surface area contributed by atoms with Crippen LogP contribution in [0.15, 0.2) is 17.0 Å². The first kappa shape index (κ1) is 16.9. The molecule has 118 valence electrons. The van der Waals surface area contributed by atoms with Crippen molar-refractivity contribution in [2.24, 2.45) is 5.92 Å². The van der Waals surface area contributed by atoms with Crippen LogP contribution in [-0.4, -0.2) is 26.3 Å². The molecule has 0 aromatic heterocycles. The molecule has 0 spiro atoms. The number of halogens is 2. The highest BCUT2D eigenvalue weighted by molar-refractivity contribution is 7.89. The first-order chi connectivity index (χ1) is 9.84. The molecule has 0 amide bonds. The smallest absolute Gasteiger partial charge is 0.244 e. The van der Waals surface area contributed by atoms with Crippen molar-refractivity contribution in [1.29, 1.82) is 0 Å². The summed E-state index contributed by atoms with van der Waals surface area (Å²) in [6.45, 7) is 0.515. The van der Waals surface area contributed by atoms with Crippen LogP contribution in [0, 0.1) is 5.92 Å². The third kappa shape index (κ3) is 3.65. The molecule has 4 nitrogen and oxygen atoms in total. The lowest BCUT2D eigenvalue weighted by atomic mass is 9.89. The first-order valence-electron chi connectivity index (χ1n) is 7.04. The Morgan fingerprint density at radius 3 is 2.48 bits per heavy atom. The number of benzene rings is 1. The van der Waals surface area contributed by atoms with E-state index in [4.69, 9.17) is 28.9 Å². The van der Waals surface area contributed by atoms with Gasteiger partial charge in [-0.2, -0.15) is 0 Å². The molecule has 0 saturated heterocycles. The average Bonchev–Trinajstić information content (AvgIpc) is 2.45. The fourth-order valence-electron chi connectivity index (χ4n) is 2.75. The van der Waals surface area contributed by atoms with Gasteiger partial charge in [0, 0.05) is 13.6 Å². The maximum absolute atomic E-state index is 12.6. The van der Waals surface area contributed by atoms with E-state index in [0.29, 0.717) is 12.5 Å². The van der Waals surface area contributed by atoms with Gasteiger partial charge in [-0.15, -0.1) is 0 Å². The summed E-state index contributed by atoms with van der Waals surface area (Å²) in [5.74, 6) is 0.418. The number of rotatable bonds is 4. The fraction of sp³-hybridized carbons (Fsp3) is 0.571. The molecule has 1 saturated carbocycles. The molecule has 0 aliphatic heterocycles. The Morgan fingerprint density at radius 1 is 1.24 bits per heavy atom. The second-order valence-electron chi connectivity index (χ2n) is 5.56. The number of nitrogen functional groups attached to an aromatic ring is 1. The number of anilines is 1. The van der Waals surface area contributed by atoms with E-state index in [-0.39, 0.29) is 20.6 Å². The molecule has 21 heavy (non-hydrogen) atoms. The SMILES string of the molecule is CN(CC1CCCCC1)S(=O)(=O)c1ccc(Cl)c(N)c1Cl. The van der Waals surface area contributed by atoms with Crippen LogP contribution in [0.5, 0.6) is 0 Å². The highest BCUT2D eigenvalue weighted by Crippen LogP contribution is 2.35. The molecular formula is C14H20Cl2N2O2S. The Hall–Kier alpha value is -0.490. The molecule has 2 rings (SSSR count). The fourth-order valence-corrected chi connectivity index (χ4v) is 4.73. The normalized spacial score (nSPS) is 17.3. The van der Waals surface area contributed by atoms with Gasteiger partial charge in [0.15, 0.2) is 0 Å². The van der Waals surface area contributed by atoms with Gasteiger partial charge >= 0.3 is 0 Å². The van der Waals surface area contributed by atoms with Crippen LogP contribution in [0.3, 0.4) is 0 Å². The summed E-state index contributed by atoms with van der Waals surface area (Å²) in [5.41, 5.74) is 5.82. The van der Waals surface area contributed by atoms with Crippen LogP contribution in [0.2, 0.25) is 10.0 Å². The van der Waals surface area contributed by atoms with Gasteiger partial charge in [0.05, 0.1) is 15.7 Å². The highest BCUT2D eigenvalue weighted by atomic mass is 35.5. The molecule has 1 aliphatic carbocycles. The van der Waals surface area contributed by atoms with Crippen LogP contribution in [0.1, 0.15) is 32.1 Å². The first-order valence-corrected chi connectivity index (χ1v) is 9.23. The Labute approximate surface area is 136 Å². The Morgan fingerprint density at radius 2 is 1.86 bits per heavy atom. The summed E-state index contributed by atoms with van der Waals surface area (Å²) in [5, 5.41) is 0.256. The topological polar surface area (TPSA) is 63.4 Å². The average molecular weight is 351 g/mol. The predicted octanol–water partition coefficient (Wildman–Crippen LogP) is 3.78. The van der Waals surface area contributed by atoms with E-state index in [0.717, 1.165) is 12.8 Å². The summed E-state index contributed by atoms with van der Waals surface area (Å²) in [4.78, 5) is 0.0179.